The number of nitrogens with one attached hydrogen (secondary N) is 1. The number of rotatable bonds is 6. The van der Waals surface area contributed by atoms with Gasteiger partial charge in [-0.1, -0.05) is 19.1 Å². The van der Waals surface area contributed by atoms with Crippen LogP contribution in [0.3, 0.4) is 0 Å². The molecule has 0 aliphatic heterocycles. The van der Waals surface area contributed by atoms with E-state index in [-0.39, 0.29) is 6.04 Å². The second kappa shape index (κ2) is 7.01. The van der Waals surface area contributed by atoms with Crippen molar-refractivity contribution in [3.8, 4) is 0 Å². The van der Waals surface area contributed by atoms with Crippen molar-refractivity contribution in [1.29, 1.82) is 0 Å². The Balaban J connectivity index is 2.69. The van der Waals surface area contributed by atoms with Crippen molar-refractivity contribution in [3.63, 3.8) is 0 Å². The lowest BCUT2D eigenvalue weighted by Crippen LogP contribution is -2.29. The average Bonchev–Trinajstić information content (AvgIpc) is 2.34. The van der Waals surface area contributed by atoms with Crippen molar-refractivity contribution in [2.75, 3.05) is 11.5 Å². The Bertz CT molecular complexity index is 351. The molecule has 0 amide bonds. The first kappa shape index (κ1) is 15.3. The van der Waals surface area contributed by atoms with Crippen LogP contribution in [0.15, 0.2) is 24.3 Å². The summed E-state index contributed by atoms with van der Waals surface area (Å²) in [5, 5.41) is 0. The molecule has 3 N–H and O–H groups in total. The van der Waals surface area contributed by atoms with Gasteiger partial charge in [-0.2, -0.15) is 24.9 Å². The van der Waals surface area contributed by atoms with E-state index < -0.39 is 11.7 Å². The standard InChI is InChI=1S/C12H17F3N2S/c1-2-7-18-8-11(17-16)9-3-5-10(6-4-9)12(13,14)15/h3-6,11,17H,2,7-8,16H2,1H3. The van der Waals surface area contributed by atoms with E-state index in [0.717, 1.165) is 35.6 Å². The van der Waals surface area contributed by atoms with Crippen LogP contribution >= 0.6 is 11.8 Å². The average molecular weight is 278 g/mol. The number of halogens is 3. The molecular weight excluding hydrogens is 261 g/mol. The molecule has 1 atom stereocenters. The Morgan fingerprint density at radius 1 is 1.28 bits per heavy atom. The number of hydrogen-bond acceptors (Lipinski definition) is 3. The molecule has 1 rings (SSSR count). The first-order chi connectivity index (χ1) is 8.49. The van der Waals surface area contributed by atoms with E-state index in [1.165, 1.54) is 12.1 Å². The smallest absolute Gasteiger partial charge is 0.271 e. The van der Waals surface area contributed by atoms with Crippen LogP contribution in [-0.2, 0) is 6.18 Å². The van der Waals surface area contributed by atoms with Crippen molar-refractivity contribution in [1.82, 2.24) is 5.43 Å². The maximum atomic E-state index is 12.4. The summed E-state index contributed by atoms with van der Waals surface area (Å²) >= 11 is 1.73. The Kier molecular flexibility index (Phi) is 5.98. The van der Waals surface area contributed by atoms with Gasteiger partial charge in [0, 0.05) is 5.75 Å². The van der Waals surface area contributed by atoms with E-state index in [4.69, 9.17) is 5.84 Å². The largest absolute Gasteiger partial charge is 0.416 e. The van der Waals surface area contributed by atoms with Gasteiger partial charge in [0.15, 0.2) is 0 Å². The van der Waals surface area contributed by atoms with Gasteiger partial charge in [-0.15, -0.1) is 0 Å². The molecule has 18 heavy (non-hydrogen) atoms. The second-order valence-corrected chi connectivity index (χ2v) is 5.06. The van der Waals surface area contributed by atoms with Gasteiger partial charge in [0.25, 0.3) is 0 Å². The third-order valence-corrected chi connectivity index (χ3v) is 3.74. The second-order valence-electron chi connectivity index (χ2n) is 3.91. The fourth-order valence-corrected chi connectivity index (χ4v) is 2.47. The molecule has 0 saturated carbocycles. The molecule has 1 aromatic rings. The van der Waals surface area contributed by atoms with Gasteiger partial charge in [-0.25, -0.2) is 0 Å². The van der Waals surface area contributed by atoms with Crippen LogP contribution in [0.5, 0.6) is 0 Å². The fraction of sp³-hybridized carbons (Fsp3) is 0.500. The van der Waals surface area contributed by atoms with Crippen LogP contribution in [0.25, 0.3) is 0 Å². The highest BCUT2D eigenvalue weighted by atomic mass is 32.2. The zero-order valence-electron chi connectivity index (χ0n) is 10.1. The SMILES string of the molecule is CCCSCC(NN)c1ccc(C(F)(F)F)cc1. The third kappa shape index (κ3) is 4.51. The predicted molar refractivity (Wildman–Crippen MR) is 69.1 cm³/mol. The van der Waals surface area contributed by atoms with Gasteiger partial charge >= 0.3 is 6.18 Å². The van der Waals surface area contributed by atoms with Crippen molar-refractivity contribution in [2.45, 2.75) is 25.6 Å². The number of thioether (sulfide) groups is 1. The van der Waals surface area contributed by atoms with Gasteiger partial charge < -0.3 is 0 Å². The van der Waals surface area contributed by atoms with Gasteiger partial charge in [-0.3, -0.25) is 11.3 Å². The van der Waals surface area contributed by atoms with Crippen LogP contribution in [0.2, 0.25) is 0 Å². The first-order valence-corrected chi connectivity index (χ1v) is 6.85. The van der Waals surface area contributed by atoms with E-state index in [1.54, 1.807) is 11.8 Å². The number of alkyl halides is 3. The summed E-state index contributed by atoms with van der Waals surface area (Å²) in [5.41, 5.74) is 2.77. The minimum atomic E-state index is -4.29. The van der Waals surface area contributed by atoms with Gasteiger partial charge in [-0.05, 0) is 29.9 Å². The third-order valence-electron chi connectivity index (χ3n) is 2.47. The van der Waals surface area contributed by atoms with Gasteiger partial charge in [0.1, 0.15) is 0 Å². The number of nitrogens with two attached hydrogens (primary N) is 1. The molecule has 0 aliphatic rings. The van der Waals surface area contributed by atoms with Crippen LogP contribution in [0.4, 0.5) is 13.2 Å². The summed E-state index contributed by atoms with van der Waals surface area (Å²) in [6.45, 7) is 2.08. The molecule has 0 aliphatic carbocycles. The van der Waals surface area contributed by atoms with E-state index in [1.807, 2.05) is 0 Å². The minimum Gasteiger partial charge on any atom is -0.271 e. The minimum absolute atomic E-state index is 0.121. The first-order valence-electron chi connectivity index (χ1n) is 5.70. The van der Waals surface area contributed by atoms with Gasteiger partial charge in [0.05, 0.1) is 11.6 Å². The molecule has 6 heteroatoms. The maximum Gasteiger partial charge on any atom is 0.416 e. The van der Waals surface area contributed by atoms with E-state index in [2.05, 4.69) is 12.3 Å². The Morgan fingerprint density at radius 2 is 1.89 bits per heavy atom. The molecule has 102 valence electrons. The molecule has 1 aromatic carbocycles. The highest BCUT2D eigenvalue weighted by molar-refractivity contribution is 7.99. The van der Waals surface area contributed by atoms with Crippen molar-refractivity contribution < 1.29 is 13.2 Å². The summed E-state index contributed by atoms with van der Waals surface area (Å²) < 4.78 is 37.2. The molecule has 2 nitrogen and oxygen atoms in total. The highest BCUT2D eigenvalue weighted by Gasteiger charge is 2.30. The Labute approximate surface area is 109 Å². The zero-order valence-corrected chi connectivity index (χ0v) is 10.9. The van der Waals surface area contributed by atoms with Crippen LogP contribution < -0.4 is 11.3 Å². The topological polar surface area (TPSA) is 38.0 Å². The van der Waals surface area contributed by atoms with E-state index >= 15 is 0 Å². The number of hydrazine groups is 1. The summed E-state index contributed by atoms with van der Waals surface area (Å²) in [6.07, 6.45) is -3.23. The normalized spacial score (nSPS) is 13.6. The monoisotopic (exact) mass is 278 g/mol. The van der Waals surface area contributed by atoms with Gasteiger partial charge in [0.2, 0.25) is 0 Å². The molecule has 0 heterocycles. The van der Waals surface area contributed by atoms with Crippen LogP contribution in [-0.4, -0.2) is 11.5 Å². The van der Waals surface area contributed by atoms with Crippen molar-refractivity contribution in [2.24, 2.45) is 5.84 Å². The molecule has 0 saturated heterocycles. The Morgan fingerprint density at radius 3 is 2.33 bits per heavy atom. The van der Waals surface area contributed by atoms with Crippen LogP contribution in [0.1, 0.15) is 30.5 Å². The molecule has 0 bridgehead atoms. The van der Waals surface area contributed by atoms with Crippen molar-refractivity contribution >= 4 is 11.8 Å². The summed E-state index contributed by atoms with van der Waals surface area (Å²) in [4.78, 5) is 0. The quantitative estimate of drug-likeness (QED) is 0.476. The summed E-state index contributed by atoms with van der Waals surface area (Å²) in [6, 6.07) is 5.00. The summed E-state index contributed by atoms with van der Waals surface area (Å²) in [7, 11) is 0. The lowest BCUT2D eigenvalue weighted by molar-refractivity contribution is -0.137. The van der Waals surface area contributed by atoms with Crippen LogP contribution in [0, 0.1) is 0 Å². The number of hydrogen-bond donors (Lipinski definition) is 2. The predicted octanol–water partition coefficient (Wildman–Crippen LogP) is 3.35. The number of benzene rings is 1. The molecule has 1 unspecified atom stereocenters. The summed E-state index contributed by atoms with van der Waals surface area (Å²) in [5.74, 6) is 7.18. The van der Waals surface area contributed by atoms with E-state index in [9.17, 15) is 13.2 Å². The molecule has 0 radical (unpaired) electrons. The molecule has 0 spiro atoms. The molecule has 0 fully saturated rings. The zero-order chi connectivity index (χ0) is 13.6. The lowest BCUT2D eigenvalue weighted by atomic mass is 10.1. The van der Waals surface area contributed by atoms with E-state index in [0.29, 0.717) is 0 Å². The Hall–Kier alpha value is -0.720. The molecule has 0 aromatic heterocycles. The lowest BCUT2D eigenvalue weighted by Gasteiger charge is -2.16. The fourth-order valence-electron chi connectivity index (χ4n) is 1.49. The van der Waals surface area contributed by atoms with Crippen molar-refractivity contribution in [3.05, 3.63) is 35.4 Å². The molecular formula is C12H17F3N2S. The highest BCUT2D eigenvalue weighted by Crippen LogP contribution is 2.30. The maximum absolute atomic E-state index is 12.4.